The fourth-order valence-corrected chi connectivity index (χ4v) is 3.86. The number of nitrogens with zero attached hydrogens (tertiary/aromatic N) is 1. The van der Waals surface area contributed by atoms with E-state index in [0.717, 1.165) is 37.8 Å². The van der Waals surface area contributed by atoms with Gasteiger partial charge in [-0.3, -0.25) is 4.79 Å². The molecule has 0 spiro atoms. The number of carbonyl (C=O) groups excluding carboxylic acids is 1. The van der Waals surface area contributed by atoms with Gasteiger partial charge in [0.1, 0.15) is 0 Å². The molecule has 1 saturated carbocycles. The fraction of sp³-hybridized carbons (Fsp3) is 0.478. The van der Waals surface area contributed by atoms with E-state index in [2.05, 4.69) is 10.3 Å². The first kappa shape index (κ1) is 24.3. The van der Waals surface area contributed by atoms with E-state index in [4.69, 9.17) is 16.3 Å². The molecule has 1 aliphatic carbocycles. The minimum Gasteiger partial charge on any atom is -0.477 e. The molecular formula is C23H26ClF3N2O3. The number of aliphatic hydroxyl groups is 1. The van der Waals surface area contributed by atoms with Gasteiger partial charge in [0, 0.05) is 22.3 Å². The largest absolute Gasteiger partial charge is 0.477 e. The van der Waals surface area contributed by atoms with Crippen LogP contribution in [0.4, 0.5) is 13.2 Å². The molecule has 1 fully saturated rings. The topological polar surface area (TPSA) is 71.5 Å². The van der Waals surface area contributed by atoms with Crippen LogP contribution in [0, 0.1) is 0 Å². The van der Waals surface area contributed by atoms with Crippen molar-refractivity contribution in [3.63, 3.8) is 0 Å². The number of amides is 1. The Balaban J connectivity index is 1.98. The Morgan fingerprint density at radius 3 is 2.69 bits per heavy atom. The average Bonchev–Trinajstić information content (AvgIpc) is 2.75. The summed E-state index contributed by atoms with van der Waals surface area (Å²) in [6.07, 6.45) is 0.799. The molecule has 0 bridgehead atoms. The normalized spacial score (nSPS) is 18.9. The Kier molecular flexibility index (Phi) is 8.00. The van der Waals surface area contributed by atoms with Crippen LogP contribution in [0.15, 0.2) is 30.5 Å². The van der Waals surface area contributed by atoms with Crippen LogP contribution in [-0.2, 0) is 6.18 Å². The number of ether oxygens (including phenoxy) is 1. The molecule has 1 aromatic carbocycles. The van der Waals surface area contributed by atoms with Gasteiger partial charge in [0.05, 0.1) is 29.9 Å². The molecule has 1 amide bonds. The molecule has 2 aromatic rings. The summed E-state index contributed by atoms with van der Waals surface area (Å²) in [6.45, 7) is 2.31. The molecule has 2 N–H and O–H groups in total. The van der Waals surface area contributed by atoms with E-state index >= 15 is 0 Å². The molecule has 3 rings (SSSR count). The number of alkyl halides is 3. The van der Waals surface area contributed by atoms with Crippen molar-refractivity contribution in [3.8, 4) is 17.0 Å². The molecule has 5 nitrogen and oxygen atoms in total. The zero-order valence-corrected chi connectivity index (χ0v) is 18.5. The smallest absolute Gasteiger partial charge is 0.416 e. The second-order valence-electron chi connectivity index (χ2n) is 7.90. The molecule has 1 aromatic heterocycles. The van der Waals surface area contributed by atoms with Crippen LogP contribution in [0.25, 0.3) is 11.1 Å². The van der Waals surface area contributed by atoms with Gasteiger partial charge in [0.15, 0.2) is 0 Å². The van der Waals surface area contributed by atoms with Crippen molar-refractivity contribution in [2.24, 2.45) is 0 Å². The third-order valence-electron chi connectivity index (χ3n) is 5.48. The van der Waals surface area contributed by atoms with Crippen molar-refractivity contribution in [2.45, 2.75) is 63.8 Å². The summed E-state index contributed by atoms with van der Waals surface area (Å²) in [5.41, 5.74) is -0.437. The van der Waals surface area contributed by atoms with Crippen LogP contribution >= 0.6 is 11.6 Å². The van der Waals surface area contributed by atoms with Crippen molar-refractivity contribution in [3.05, 3.63) is 46.6 Å². The molecule has 174 valence electrons. The van der Waals surface area contributed by atoms with Gasteiger partial charge in [-0.25, -0.2) is 4.98 Å². The van der Waals surface area contributed by atoms with Crippen molar-refractivity contribution in [1.82, 2.24) is 10.3 Å². The highest BCUT2D eigenvalue weighted by Crippen LogP contribution is 2.39. The summed E-state index contributed by atoms with van der Waals surface area (Å²) in [5.74, 6) is -0.359. The lowest BCUT2D eigenvalue weighted by molar-refractivity contribution is -0.137. The first-order valence-electron chi connectivity index (χ1n) is 10.7. The van der Waals surface area contributed by atoms with Crippen LogP contribution in [-0.4, -0.2) is 34.8 Å². The molecule has 2 atom stereocenters. The first-order valence-corrected chi connectivity index (χ1v) is 11.1. The maximum absolute atomic E-state index is 13.3. The van der Waals surface area contributed by atoms with E-state index < -0.39 is 23.8 Å². The van der Waals surface area contributed by atoms with Crippen molar-refractivity contribution in [2.75, 3.05) is 6.61 Å². The number of hydrogen-bond donors (Lipinski definition) is 2. The summed E-state index contributed by atoms with van der Waals surface area (Å²) in [7, 11) is 0. The minimum absolute atomic E-state index is 0.0767. The Morgan fingerprint density at radius 1 is 1.25 bits per heavy atom. The highest BCUT2D eigenvalue weighted by molar-refractivity contribution is 6.33. The van der Waals surface area contributed by atoms with Gasteiger partial charge in [-0.1, -0.05) is 37.8 Å². The number of carbonyl (C=O) groups is 1. The molecule has 9 heteroatoms. The van der Waals surface area contributed by atoms with Crippen LogP contribution in [0.5, 0.6) is 5.88 Å². The minimum atomic E-state index is -4.55. The third-order valence-corrected chi connectivity index (χ3v) is 5.81. The molecular weight excluding hydrogens is 445 g/mol. The van der Waals surface area contributed by atoms with Gasteiger partial charge in [0.2, 0.25) is 5.88 Å². The van der Waals surface area contributed by atoms with Gasteiger partial charge in [0.25, 0.3) is 5.91 Å². The SMILES string of the molecule is CCCCOc1ncc(C(=O)NC2CCCC[C@H]2O)cc1-c1cc(C(F)(F)F)ccc1Cl. The molecule has 1 unspecified atom stereocenters. The average molecular weight is 471 g/mol. The van der Waals surface area contributed by atoms with Gasteiger partial charge in [-0.15, -0.1) is 0 Å². The zero-order chi connectivity index (χ0) is 23.3. The fourth-order valence-electron chi connectivity index (χ4n) is 3.64. The number of pyridine rings is 1. The zero-order valence-electron chi connectivity index (χ0n) is 17.7. The van der Waals surface area contributed by atoms with E-state index in [1.165, 1.54) is 18.3 Å². The summed E-state index contributed by atoms with van der Waals surface area (Å²) >= 11 is 6.24. The number of nitrogens with one attached hydrogen (secondary N) is 1. The van der Waals surface area contributed by atoms with E-state index in [-0.39, 0.29) is 33.6 Å². The monoisotopic (exact) mass is 470 g/mol. The highest BCUT2D eigenvalue weighted by atomic mass is 35.5. The first-order chi connectivity index (χ1) is 15.2. The van der Waals surface area contributed by atoms with Crippen LogP contribution in [0.1, 0.15) is 61.4 Å². The maximum atomic E-state index is 13.3. The van der Waals surface area contributed by atoms with Crippen molar-refractivity contribution in [1.29, 1.82) is 0 Å². The number of unbranched alkanes of at least 4 members (excludes halogenated alkanes) is 1. The van der Waals surface area contributed by atoms with Gasteiger partial charge in [-0.05, 0) is 43.5 Å². The van der Waals surface area contributed by atoms with E-state index in [0.29, 0.717) is 19.4 Å². The highest BCUT2D eigenvalue weighted by Gasteiger charge is 2.32. The van der Waals surface area contributed by atoms with Gasteiger partial charge < -0.3 is 15.2 Å². The lowest BCUT2D eigenvalue weighted by Crippen LogP contribution is -2.45. The molecule has 0 aliphatic heterocycles. The van der Waals surface area contributed by atoms with Crippen LogP contribution < -0.4 is 10.1 Å². The predicted molar refractivity (Wildman–Crippen MR) is 116 cm³/mol. The molecule has 32 heavy (non-hydrogen) atoms. The van der Waals surface area contributed by atoms with Crippen LogP contribution in [0.3, 0.4) is 0 Å². The quantitative estimate of drug-likeness (QED) is 0.514. The summed E-state index contributed by atoms with van der Waals surface area (Å²) in [6, 6.07) is 4.05. The van der Waals surface area contributed by atoms with Crippen molar-refractivity contribution < 1.29 is 27.8 Å². The maximum Gasteiger partial charge on any atom is 0.416 e. The second kappa shape index (κ2) is 10.5. The molecule has 1 heterocycles. The molecule has 0 radical (unpaired) electrons. The Morgan fingerprint density at radius 2 is 2.00 bits per heavy atom. The Bertz CT molecular complexity index is 953. The second-order valence-corrected chi connectivity index (χ2v) is 8.31. The molecule has 1 aliphatic rings. The van der Waals surface area contributed by atoms with Crippen molar-refractivity contribution >= 4 is 17.5 Å². The lowest BCUT2D eigenvalue weighted by atomic mass is 9.92. The standard InChI is InChI=1S/C23H26ClF3N2O3/c1-2-3-10-32-22-17(16-12-15(23(25,26)27)8-9-18(16)24)11-14(13-28-22)21(31)29-19-6-4-5-7-20(19)30/h8-9,11-13,19-20,30H,2-7,10H2,1H3,(H,29,31)/t19?,20-/m1/s1. The number of hydrogen-bond acceptors (Lipinski definition) is 4. The van der Waals surface area contributed by atoms with E-state index in [1.807, 2.05) is 6.92 Å². The van der Waals surface area contributed by atoms with Gasteiger partial charge >= 0.3 is 6.18 Å². The summed E-state index contributed by atoms with van der Waals surface area (Å²) < 4.78 is 45.6. The number of aromatic nitrogens is 1. The summed E-state index contributed by atoms with van der Waals surface area (Å²) in [5, 5.41) is 13.0. The third kappa shape index (κ3) is 5.92. The Hall–Kier alpha value is -2.32. The van der Waals surface area contributed by atoms with Crippen LogP contribution in [0.2, 0.25) is 5.02 Å². The Labute approximate surface area is 190 Å². The number of halogens is 4. The predicted octanol–water partition coefficient (Wildman–Crippen LogP) is 5.63. The van der Waals surface area contributed by atoms with E-state index in [1.54, 1.807) is 0 Å². The number of rotatable bonds is 7. The molecule has 0 saturated heterocycles. The van der Waals surface area contributed by atoms with E-state index in [9.17, 15) is 23.1 Å². The number of benzene rings is 1. The summed E-state index contributed by atoms with van der Waals surface area (Å²) in [4.78, 5) is 17.0. The van der Waals surface area contributed by atoms with Gasteiger partial charge in [-0.2, -0.15) is 13.2 Å². The lowest BCUT2D eigenvalue weighted by Gasteiger charge is -2.28. The number of aliphatic hydroxyl groups excluding tert-OH is 1.